The van der Waals surface area contributed by atoms with E-state index in [0.29, 0.717) is 18.1 Å². The van der Waals surface area contributed by atoms with Gasteiger partial charge < -0.3 is 15.1 Å². The summed E-state index contributed by atoms with van der Waals surface area (Å²) in [5.74, 6) is 0.785. The van der Waals surface area contributed by atoms with Crippen molar-refractivity contribution in [2.75, 3.05) is 19.6 Å². The van der Waals surface area contributed by atoms with Crippen molar-refractivity contribution in [1.82, 2.24) is 15.6 Å². The van der Waals surface area contributed by atoms with Gasteiger partial charge >= 0.3 is 0 Å². The fourth-order valence-corrected chi connectivity index (χ4v) is 3.73. The van der Waals surface area contributed by atoms with Gasteiger partial charge in [0.15, 0.2) is 11.6 Å². The summed E-state index contributed by atoms with van der Waals surface area (Å²) >= 11 is 0. The molecule has 5 heteroatoms. The van der Waals surface area contributed by atoms with Crippen molar-refractivity contribution in [2.24, 2.45) is 0 Å². The molecular weight excluding hydrogens is 350 g/mol. The van der Waals surface area contributed by atoms with Crippen LogP contribution in [0.1, 0.15) is 52.2 Å². The van der Waals surface area contributed by atoms with E-state index in [1.54, 1.807) is 0 Å². The van der Waals surface area contributed by atoms with Crippen molar-refractivity contribution in [1.29, 1.82) is 0 Å². The molecule has 0 bridgehead atoms. The van der Waals surface area contributed by atoms with Gasteiger partial charge in [0.1, 0.15) is 6.26 Å². The Balaban J connectivity index is 1.45. The van der Waals surface area contributed by atoms with Crippen LogP contribution >= 0.6 is 0 Å². The van der Waals surface area contributed by atoms with Crippen LogP contribution in [-0.2, 0) is 0 Å². The molecule has 1 atom stereocenters. The van der Waals surface area contributed by atoms with E-state index < -0.39 is 0 Å². The molecule has 2 N–H and O–H groups in total. The summed E-state index contributed by atoms with van der Waals surface area (Å²) in [5, 5.41) is 6.38. The minimum atomic E-state index is -0.198. The maximum atomic E-state index is 12.7. The van der Waals surface area contributed by atoms with E-state index in [0.717, 1.165) is 25.9 Å². The second-order valence-electron chi connectivity index (χ2n) is 7.20. The Hall–Kier alpha value is -2.92. The largest absolute Gasteiger partial charge is 0.448 e. The zero-order valence-electron chi connectivity index (χ0n) is 15.8. The van der Waals surface area contributed by atoms with Crippen LogP contribution in [0.2, 0.25) is 0 Å². The molecule has 144 valence electrons. The average molecular weight is 375 g/mol. The molecule has 0 spiro atoms. The summed E-state index contributed by atoms with van der Waals surface area (Å²) in [7, 11) is 0. The van der Waals surface area contributed by atoms with E-state index >= 15 is 0 Å². The number of rotatable bonds is 6. The lowest BCUT2D eigenvalue weighted by atomic mass is 9.91. The zero-order valence-corrected chi connectivity index (χ0v) is 15.8. The fourth-order valence-electron chi connectivity index (χ4n) is 3.73. The lowest BCUT2D eigenvalue weighted by Crippen LogP contribution is -2.30. The third kappa shape index (κ3) is 4.31. The van der Waals surface area contributed by atoms with Crippen molar-refractivity contribution in [3.05, 3.63) is 89.6 Å². The van der Waals surface area contributed by atoms with Gasteiger partial charge in [-0.1, -0.05) is 60.7 Å². The highest BCUT2D eigenvalue weighted by atomic mass is 16.3. The standard InChI is InChI=1S/C23H25N3O2/c27-22(21-16-28-23(26-21)19-12-7-13-24-14-19)25-15-20(17-8-3-1-4-9-17)18-10-5-2-6-11-18/h1-6,8-11,16,19-20,24H,7,12-15H2,(H,25,27). The summed E-state index contributed by atoms with van der Waals surface area (Å²) in [5.41, 5.74) is 2.69. The van der Waals surface area contributed by atoms with E-state index in [1.807, 2.05) is 36.4 Å². The number of hydrogen-bond acceptors (Lipinski definition) is 4. The van der Waals surface area contributed by atoms with Gasteiger partial charge in [-0.2, -0.15) is 0 Å². The Bertz CT molecular complexity index is 847. The number of hydrogen-bond donors (Lipinski definition) is 2. The van der Waals surface area contributed by atoms with E-state index in [1.165, 1.54) is 17.4 Å². The first kappa shape index (κ1) is 18.4. The van der Waals surface area contributed by atoms with Crippen LogP contribution in [0.15, 0.2) is 71.3 Å². The predicted octanol–water partition coefficient (Wildman–Crippen LogP) is 3.70. The first-order valence-electron chi connectivity index (χ1n) is 9.85. The Morgan fingerprint density at radius 2 is 1.79 bits per heavy atom. The van der Waals surface area contributed by atoms with Crippen molar-refractivity contribution in [3.8, 4) is 0 Å². The first-order valence-corrected chi connectivity index (χ1v) is 9.85. The molecular formula is C23H25N3O2. The maximum absolute atomic E-state index is 12.7. The van der Waals surface area contributed by atoms with Gasteiger partial charge in [0.05, 0.1) is 0 Å². The molecule has 4 rings (SSSR count). The average Bonchev–Trinajstić information content (AvgIpc) is 3.26. The quantitative estimate of drug-likeness (QED) is 0.689. The van der Waals surface area contributed by atoms with Crippen molar-refractivity contribution in [3.63, 3.8) is 0 Å². The molecule has 1 unspecified atom stereocenters. The third-order valence-electron chi connectivity index (χ3n) is 5.27. The summed E-state index contributed by atoms with van der Waals surface area (Å²) < 4.78 is 5.59. The van der Waals surface area contributed by atoms with E-state index in [4.69, 9.17) is 4.42 Å². The first-order chi connectivity index (χ1) is 13.8. The number of carbonyl (C=O) groups is 1. The molecule has 0 aliphatic carbocycles. The van der Waals surface area contributed by atoms with Crippen LogP contribution in [0.5, 0.6) is 0 Å². The van der Waals surface area contributed by atoms with Crippen molar-refractivity contribution >= 4 is 5.91 Å². The predicted molar refractivity (Wildman–Crippen MR) is 108 cm³/mol. The molecule has 2 aromatic carbocycles. The molecule has 28 heavy (non-hydrogen) atoms. The van der Waals surface area contributed by atoms with Crippen molar-refractivity contribution < 1.29 is 9.21 Å². The highest BCUT2D eigenvalue weighted by Crippen LogP contribution is 2.24. The van der Waals surface area contributed by atoms with Gasteiger partial charge in [-0.05, 0) is 30.5 Å². The van der Waals surface area contributed by atoms with Gasteiger partial charge in [-0.15, -0.1) is 0 Å². The van der Waals surface area contributed by atoms with E-state index in [-0.39, 0.29) is 17.7 Å². The lowest BCUT2D eigenvalue weighted by Gasteiger charge is -2.19. The number of oxazole rings is 1. The van der Waals surface area contributed by atoms with Crippen molar-refractivity contribution in [2.45, 2.75) is 24.7 Å². The highest BCUT2D eigenvalue weighted by molar-refractivity contribution is 5.92. The molecule has 1 fully saturated rings. The van der Waals surface area contributed by atoms with E-state index in [9.17, 15) is 4.79 Å². The smallest absolute Gasteiger partial charge is 0.273 e. The van der Waals surface area contributed by atoms with Gasteiger partial charge in [-0.25, -0.2) is 4.98 Å². The fraction of sp³-hybridized carbons (Fsp3) is 0.304. The van der Waals surface area contributed by atoms with E-state index in [2.05, 4.69) is 39.9 Å². The molecule has 1 saturated heterocycles. The second-order valence-corrected chi connectivity index (χ2v) is 7.20. The monoisotopic (exact) mass is 375 g/mol. The van der Waals surface area contributed by atoms with Gasteiger partial charge in [0.2, 0.25) is 0 Å². The third-order valence-corrected chi connectivity index (χ3v) is 5.27. The lowest BCUT2D eigenvalue weighted by molar-refractivity contribution is 0.0947. The number of carbonyl (C=O) groups excluding carboxylic acids is 1. The minimum Gasteiger partial charge on any atom is -0.448 e. The molecule has 5 nitrogen and oxygen atoms in total. The molecule has 1 aliphatic rings. The van der Waals surface area contributed by atoms with Crippen LogP contribution in [0.25, 0.3) is 0 Å². The van der Waals surface area contributed by atoms with Gasteiger partial charge in [0.25, 0.3) is 5.91 Å². The molecule has 1 aliphatic heterocycles. The summed E-state index contributed by atoms with van der Waals surface area (Å²) in [6, 6.07) is 20.5. The zero-order chi connectivity index (χ0) is 19.2. The van der Waals surface area contributed by atoms with Crippen LogP contribution in [0, 0.1) is 0 Å². The second kappa shape index (κ2) is 8.85. The molecule has 3 aromatic rings. The van der Waals surface area contributed by atoms with Crippen LogP contribution in [0.4, 0.5) is 0 Å². The summed E-state index contributed by atoms with van der Waals surface area (Å²) in [6.07, 6.45) is 3.61. The maximum Gasteiger partial charge on any atom is 0.273 e. The van der Waals surface area contributed by atoms with Gasteiger partial charge in [-0.3, -0.25) is 4.79 Å². The minimum absolute atomic E-state index is 0.0836. The normalized spacial score (nSPS) is 16.8. The number of aromatic nitrogens is 1. The Morgan fingerprint density at radius 3 is 2.39 bits per heavy atom. The number of amides is 1. The molecule has 1 amide bonds. The topological polar surface area (TPSA) is 67.2 Å². The SMILES string of the molecule is O=C(NCC(c1ccccc1)c1ccccc1)c1coc(C2CCCNC2)n1. The Kier molecular flexibility index (Phi) is 5.83. The molecule has 2 heterocycles. The van der Waals surface area contributed by atoms with Crippen LogP contribution < -0.4 is 10.6 Å². The number of nitrogens with one attached hydrogen (secondary N) is 2. The number of piperidine rings is 1. The number of nitrogens with zero attached hydrogens (tertiary/aromatic N) is 1. The Labute approximate surface area is 165 Å². The van der Waals surface area contributed by atoms with Crippen LogP contribution in [0.3, 0.4) is 0 Å². The van der Waals surface area contributed by atoms with Crippen LogP contribution in [-0.4, -0.2) is 30.5 Å². The van der Waals surface area contributed by atoms with Gasteiger partial charge in [0, 0.05) is 24.9 Å². The highest BCUT2D eigenvalue weighted by Gasteiger charge is 2.22. The summed E-state index contributed by atoms with van der Waals surface area (Å²) in [4.78, 5) is 17.1. The number of benzene rings is 2. The molecule has 1 aromatic heterocycles. The Morgan fingerprint density at radius 1 is 1.11 bits per heavy atom. The molecule has 0 radical (unpaired) electrons. The summed E-state index contributed by atoms with van der Waals surface area (Å²) in [6.45, 7) is 2.39. The molecule has 0 saturated carbocycles.